The zero-order valence-corrected chi connectivity index (χ0v) is 15.7. The number of nitrogens with one attached hydrogen (secondary N) is 1. The van der Waals surface area contributed by atoms with Gasteiger partial charge in [0.15, 0.2) is 4.96 Å². The number of quaternary nitrogens is 1. The van der Waals surface area contributed by atoms with Crippen molar-refractivity contribution in [1.29, 1.82) is 0 Å². The number of hydrogen-bond donors (Lipinski definition) is 1. The summed E-state index contributed by atoms with van der Waals surface area (Å²) in [6.45, 7) is 6.52. The topological polar surface area (TPSA) is 85.1 Å². The summed E-state index contributed by atoms with van der Waals surface area (Å²) in [4.78, 5) is 29.9. The van der Waals surface area contributed by atoms with Crippen molar-refractivity contribution in [3.63, 3.8) is 0 Å². The molecular weight excluding hydrogens is 364 g/mol. The average molecular weight is 383 g/mol. The predicted molar refractivity (Wildman–Crippen MR) is 101 cm³/mol. The van der Waals surface area contributed by atoms with E-state index in [0.29, 0.717) is 5.78 Å². The Labute approximate surface area is 158 Å². The first kappa shape index (κ1) is 16.3. The van der Waals surface area contributed by atoms with E-state index in [1.165, 1.54) is 22.6 Å². The summed E-state index contributed by atoms with van der Waals surface area (Å²) in [7, 11) is 0. The van der Waals surface area contributed by atoms with E-state index >= 15 is 0 Å². The predicted octanol–water partition coefficient (Wildman–Crippen LogP) is -0.593. The highest BCUT2D eigenvalue weighted by atomic mass is 32.1. The minimum absolute atomic E-state index is 0.00452. The molecule has 0 saturated carbocycles. The monoisotopic (exact) mass is 383 g/mol. The molecule has 4 aromatic heterocycles. The summed E-state index contributed by atoms with van der Waals surface area (Å²) < 4.78 is 3.39. The summed E-state index contributed by atoms with van der Waals surface area (Å²) in [6, 6.07) is 3.71. The van der Waals surface area contributed by atoms with Gasteiger partial charge < -0.3 is 9.80 Å². The molecular formula is C17H19N8OS+. The maximum absolute atomic E-state index is 12.2. The molecule has 0 aromatic carbocycles. The number of fused-ring (bicyclic) bond motifs is 2. The van der Waals surface area contributed by atoms with Crippen LogP contribution in [0.3, 0.4) is 0 Å². The molecule has 9 nitrogen and oxygen atoms in total. The lowest BCUT2D eigenvalue weighted by molar-refractivity contribution is -0.914. The van der Waals surface area contributed by atoms with E-state index in [-0.39, 0.29) is 5.56 Å². The molecule has 0 radical (unpaired) electrons. The zero-order chi connectivity index (χ0) is 18.4. The Balaban J connectivity index is 1.32. The number of aryl methyl sites for hydroxylation is 1. The van der Waals surface area contributed by atoms with Gasteiger partial charge in [-0.25, -0.2) is 9.97 Å². The lowest BCUT2D eigenvalue weighted by atomic mass is 10.2. The van der Waals surface area contributed by atoms with Crippen molar-refractivity contribution in [3.05, 3.63) is 51.8 Å². The fourth-order valence-electron chi connectivity index (χ4n) is 3.60. The first-order valence-corrected chi connectivity index (χ1v) is 9.77. The third kappa shape index (κ3) is 2.96. The van der Waals surface area contributed by atoms with E-state index in [1.54, 1.807) is 21.2 Å². The second-order valence-electron chi connectivity index (χ2n) is 6.78. The maximum Gasteiger partial charge on any atom is 0.258 e. The molecule has 5 rings (SSSR count). The van der Waals surface area contributed by atoms with Crippen LogP contribution in [-0.2, 0) is 6.54 Å². The van der Waals surface area contributed by atoms with Gasteiger partial charge in [-0.05, 0) is 6.92 Å². The number of thiazole rings is 1. The number of hydrogen-bond acceptors (Lipinski definition) is 7. The van der Waals surface area contributed by atoms with E-state index in [4.69, 9.17) is 0 Å². The molecule has 1 saturated heterocycles. The fourth-order valence-corrected chi connectivity index (χ4v) is 4.34. The molecule has 0 aliphatic carbocycles. The quantitative estimate of drug-likeness (QED) is 0.509. The van der Waals surface area contributed by atoms with Crippen LogP contribution in [0.5, 0.6) is 0 Å². The van der Waals surface area contributed by atoms with Crippen LogP contribution < -0.4 is 15.4 Å². The number of piperazine rings is 1. The standard InChI is InChI=1S/C17H18N8OS/c1-12-8-14(25-16(20-12)18-11-19-25)23-4-2-22(3-5-23)10-13-9-15(26)24-6-7-27-17(24)21-13/h6-9,11H,2-5,10H2,1H3/p+1. The van der Waals surface area contributed by atoms with Gasteiger partial charge in [0.25, 0.3) is 11.3 Å². The van der Waals surface area contributed by atoms with E-state index in [0.717, 1.165) is 54.9 Å². The highest BCUT2D eigenvalue weighted by Crippen LogP contribution is 2.15. The molecule has 0 bridgehead atoms. The molecule has 4 aromatic rings. The molecule has 27 heavy (non-hydrogen) atoms. The first-order chi connectivity index (χ1) is 13.2. The summed E-state index contributed by atoms with van der Waals surface area (Å²) in [5.74, 6) is 1.67. The largest absolute Gasteiger partial charge is 0.345 e. The fraction of sp³-hybridized carbons (Fsp3) is 0.353. The van der Waals surface area contributed by atoms with Gasteiger partial charge in [-0.1, -0.05) is 0 Å². The van der Waals surface area contributed by atoms with E-state index < -0.39 is 0 Å². The lowest BCUT2D eigenvalue weighted by Crippen LogP contribution is -3.13. The Morgan fingerprint density at radius 1 is 1.22 bits per heavy atom. The van der Waals surface area contributed by atoms with Gasteiger partial charge >= 0.3 is 0 Å². The van der Waals surface area contributed by atoms with Crippen molar-refractivity contribution in [2.45, 2.75) is 13.5 Å². The second-order valence-corrected chi connectivity index (χ2v) is 7.66. The third-order valence-corrected chi connectivity index (χ3v) is 5.70. The van der Waals surface area contributed by atoms with Crippen molar-refractivity contribution >= 4 is 27.9 Å². The van der Waals surface area contributed by atoms with E-state index in [2.05, 4.69) is 31.0 Å². The smallest absolute Gasteiger partial charge is 0.258 e. The van der Waals surface area contributed by atoms with E-state index in [9.17, 15) is 4.79 Å². The van der Waals surface area contributed by atoms with Crippen LogP contribution in [0.15, 0.2) is 34.8 Å². The van der Waals surface area contributed by atoms with Gasteiger partial charge in [-0.3, -0.25) is 9.20 Å². The first-order valence-electron chi connectivity index (χ1n) is 8.89. The lowest BCUT2D eigenvalue weighted by Gasteiger charge is -2.33. The van der Waals surface area contributed by atoms with Gasteiger partial charge in [0, 0.05) is 29.4 Å². The van der Waals surface area contributed by atoms with Crippen LogP contribution in [-0.4, -0.2) is 55.1 Å². The summed E-state index contributed by atoms with van der Waals surface area (Å²) in [5, 5.41) is 6.19. The summed E-state index contributed by atoms with van der Waals surface area (Å²) >= 11 is 1.49. The van der Waals surface area contributed by atoms with Crippen LogP contribution in [0.1, 0.15) is 11.4 Å². The van der Waals surface area contributed by atoms with Crippen LogP contribution in [0, 0.1) is 6.92 Å². The summed E-state index contributed by atoms with van der Waals surface area (Å²) in [5.41, 5.74) is 1.80. The molecule has 138 valence electrons. The number of nitrogens with zero attached hydrogens (tertiary/aromatic N) is 7. The Morgan fingerprint density at radius 2 is 2.07 bits per heavy atom. The Kier molecular flexibility index (Phi) is 3.87. The van der Waals surface area contributed by atoms with Crippen molar-refractivity contribution in [2.75, 3.05) is 31.1 Å². The Hall–Kier alpha value is -2.85. The molecule has 1 N–H and O–H groups in total. The highest BCUT2D eigenvalue weighted by molar-refractivity contribution is 7.15. The van der Waals surface area contributed by atoms with Crippen LogP contribution in [0.2, 0.25) is 0 Å². The maximum atomic E-state index is 12.2. The molecule has 5 heterocycles. The van der Waals surface area contributed by atoms with Gasteiger partial charge in [-0.2, -0.15) is 14.6 Å². The second kappa shape index (κ2) is 6.39. The molecule has 0 spiro atoms. The SMILES string of the molecule is Cc1cc(N2CC[NH+](Cc3cc(=O)n4ccsc4n3)CC2)n2ncnc2n1. The van der Waals surface area contributed by atoms with Crippen LogP contribution in [0.4, 0.5) is 5.82 Å². The Bertz CT molecular complexity index is 1170. The number of aromatic nitrogens is 6. The minimum atomic E-state index is -0.00452. The molecule has 0 unspecified atom stereocenters. The minimum Gasteiger partial charge on any atom is -0.345 e. The van der Waals surface area contributed by atoms with Gasteiger partial charge in [0.05, 0.1) is 26.2 Å². The molecule has 1 fully saturated rings. The van der Waals surface area contributed by atoms with Crippen molar-refractivity contribution in [2.24, 2.45) is 0 Å². The highest BCUT2D eigenvalue weighted by Gasteiger charge is 2.23. The molecule has 0 atom stereocenters. The molecule has 1 aliphatic heterocycles. The molecule has 1 aliphatic rings. The van der Waals surface area contributed by atoms with Crippen molar-refractivity contribution < 1.29 is 4.90 Å². The van der Waals surface area contributed by atoms with Gasteiger partial charge in [0.2, 0.25) is 0 Å². The molecule has 10 heteroatoms. The number of anilines is 1. The van der Waals surface area contributed by atoms with Crippen LogP contribution >= 0.6 is 11.3 Å². The van der Waals surface area contributed by atoms with E-state index in [1.807, 2.05) is 12.3 Å². The van der Waals surface area contributed by atoms with Crippen molar-refractivity contribution in [3.8, 4) is 0 Å². The van der Waals surface area contributed by atoms with Crippen LogP contribution in [0.25, 0.3) is 10.7 Å². The van der Waals surface area contributed by atoms with Crippen molar-refractivity contribution in [1.82, 2.24) is 29.0 Å². The van der Waals surface area contributed by atoms with Gasteiger partial charge in [-0.15, -0.1) is 11.3 Å². The Morgan fingerprint density at radius 3 is 2.93 bits per heavy atom. The zero-order valence-electron chi connectivity index (χ0n) is 14.9. The summed E-state index contributed by atoms with van der Waals surface area (Å²) in [6.07, 6.45) is 3.31. The number of rotatable bonds is 3. The third-order valence-electron chi connectivity index (χ3n) is 4.94. The normalized spacial score (nSPS) is 15.8. The van der Waals surface area contributed by atoms with Gasteiger partial charge in [0.1, 0.15) is 24.4 Å². The average Bonchev–Trinajstić information content (AvgIpc) is 3.31. The molecule has 0 amide bonds.